The minimum Gasteiger partial charge on any atom is -0.353 e. The first kappa shape index (κ1) is 17.2. The number of aromatic nitrogens is 4. The van der Waals surface area contributed by atoms with Crippen LogP contribution in [-0.4, -0.2) is 39.1 Å². The van der Waals surface area contributed by atoms with Gasteiger partial charge in [-0.2, -0.15) is 10.2 Å². The lowest BCUT2D eigenvalue weighted by Gasteiger charge is -2.22. The van der Waals surface area contributed by atoms with Crippen LogP contribution in [0.25, 0.3) is 5.69 Å². The Balaban J connectivity index is 1.47. The van der Waals surface area contributed by atoms with Crippen LogP contribution < -0.4 is 0 Å². The molecule has 1 aliphatic rings. The first-order valence-corrected chi connectivity index (χ1v) is 8.84. The summed E-state index contributed by atoms with van der Waals surface area (Å²) in [7, 11) is 0. The Morgan fingerprint density at radius 2 is 2.21 bits per heavy atom. The van der Waals surface area contributed by atoms with Gasteiger partial charge in [-0.05, 0) is 31.7 Å². The maximum atomic E-state index is 5.76. The highest BCUT2D eigenvalue weighted by Gasteiger charge is 2.17. The van der Waals surface area contributed by atoms with Gasteiger partial charge < -0.3 is 9.47 Å². The van der Waals surface area contributed by atoms with Crippen LogP contribution in [0.5, 0.6) is 0 Å². The quantitative estimate of drug-likeness (QED) is 0.762. The lowest BCUT2D eigenvalue weighted by atomic mass is 9.93. The Hall–Kier alpha value is -1.66. The van der Waals surface area contributed by atoms with Crippen molar-refractivity contribution >= 4 is 0 Å². The third-order valence-electron chi connectivity index (χ3n) is 4.21. The third kappa shape index (κ3) is 4.45. The van der Waals surface area contributed by atoms with E-state index in [-0.39, 0.29) is 11.7 Å². The van der Waals surface area contributed by atoms with Gasteiger partial charge in [-0.25, -0.2) is 4.68 Å². The van der Waals surface area contributed by atoms with E-state index in [0.29, 0.717) is 6.61 Å². The second kappa shape index (κ2) is 7.49. The van der Waals surface area contributed by atoms with Crippen LogP contribution in [-0.2, 0) is 21.4 Å². The summed E-state index contributed by atoms with van der Waals surface area (Å²) in [5.41, 5.74) is 2.12. The molecule has 6 nitrogen and oxygen atoms in total. The van der Waals surface area contributed by atoms with E-state index in [0.717, 1.165) is 43.8 Å². The first-order valence-electron chi connectivity index (χ1n) is 8.84. The lowest BCUT2D eigenvalue weighted by Crippen LogP contribution is -2.23. The molecule has 0 N–H and O–H groups in total. The molecule has 1 saturated heterocycles. The van der Waals surface area contributed by atoms with Crippen molar-refractivity contribution in [3.05, 3.63) is 30.4 Å². The summed E-state index contributed by atoms with van der Waals surface area (Å²) < 4.78 is 15.2. The summed E-state index contributed by atoms with van der Waals surface area (Å²) >= 11 is 0. The number of hydrogen-bond donors (Lipinski definition) is 0. The fourth-order valence-electron chi connectivity index (χ4n) is 2.74. The predicted molar refractivity (Wildman–Crippen MR) is 92.2 cm³/mol. The smallest absolute Gasteiger partial charge is 0.157 e. The van der Waals surface area contributed by atoms with Gasteiger partial charge in [0.25, 0.3) is 0 Å². The summed E-state index contributed by atoms with van der Waals surface area (Å²) in [4.78, 5) is 0. The molecule has 1 unspecified atom stereocenters. The standard InChI is InChI=1S/C18H28N4O2/c1-18(2,3)16-8-10-22(20-16)15-13-19-21(14-15)9-6-12-24-17-7-4-5-11-23-17/h8,10,13-14,17H,4-7,9,11-12H2,1-3H3. The molecule has 1 fully saturated rings. The first-order chi connectivity index (χ1) is 11.5. The Morgan fingerprint density at radius 1 is 1.33 bits per heavy atom. The SMILES string of the molecule is CC(C)(C)c1ccn(-c2cnn(CCCOC3CCCCO3)c2)n1. The highest BCUT2D eigenvalue weighted by Crippen LogP contribution is 2.20. The summed E-state index contributed by atoms with van der Waals surface area (Å²) in [6, 6.07) is 2.06. The van der Waals surface area contributed by atoms with Crippen LogP contribution in [0.3, 0.4) is 0 Å². The van der Waals surface area contributed by atoms with Gasteiger partial charge in [0, 0.05) is 24.8 Å². The molecule has 24 heavy (non-hydrogen) atoms. The Bertz CT molecular complexity index is 635. The second-order valence-corrected chi connectivity index (χ2v) is 7.38. The summed E-state index contributed by atoms with van der Waals surface area (Å²) in [6.07, 6.45) is 10.2. The molecule has 0 aliphatic carbocycles. The zero-order valence-corrected chi connectivity index (χ0v) is 14.9. The van der Waals surface area contributed by atoms with Crippen molar-refractivity contribution in [1.29, 1.82) is 0 Å². The molecule has 0 spiro atoms. The zero-order chi connectivity index (χ0) is 17.0. The predicted octanol–water partition coefficient (Wildman–Crippen LogP) is 3.30. The van der Waals surface area contributed by atoms with Gasteiger partial charge in [0.15, 0.2) is 6.29 Å². The molecule has 0 bridgehead atoms. The largest absolute Gasteiger partial charge is 0.353 e. The van der Waals surface area contributed by atoms with E-state index in [1.54, 1.807) is 0 Å². The minimum atomic E-state index is -0.00757. The van der Waals surface area contributed by atoms with Crippen molar-refractivity contribution in [1.82, 2.24) is 19.6 Å². The fraction of sp³-hybridized carbons (Fsp3) is 0.667. The molecule has 0 aromatic carbocycles. The fourth-order valence-corrected chi connectivity index (χ4v) is 2.74. The molecular weight excluding hydrogens is 304 g/mol. The van der Waals surface area contributed by atoms with Gasteiger partial charge in [0.2, 0.25) is 0 Å². The number of nitrogens with zero attached hydrogens (tertiary/aromatic N) is 4. The van der Waals surface area contributed by atoms with E-state index in [1.807, 2.05) is 28.0 Å². The van der Waals surface area contributed by atoms with Crippen LogP contribution in [0.2, 0.25) is 0 Å². The molecule has 1 aliphatic heterocycles. The van der Waals surface area contributed by atoms with E-state index < -0.39 is 0 Å². The average molecular weight is 332 g/mol. The van der Waals surface area contributed by atoms with Gasteiger partial charge in [-0.15, -0.1) is 0 Å². The monoisotopic (exact) mass is 332 g/mol. The molecule has 0 saturated carbocycles. The van der Waals surface area contributed by atoms with Crippen LogP contribution in [0.15, 0.2) is 24.7 Å². The Morgan fingerprint density at radius 3 is 2.92 bits per heavy atom. The molecule has 132 valence electrons. The molecule has 0 radical (unpaired) electrons. The number of ether oxygens (including phenoxy) is 2. The highest BCUT2D eigenvalue weighted by atomic mass is 16.7. The summed E-state index contributed by atoms with van der Waals surface area (Å²) in [5, 5.41) is 9.06. The topological polar surface area (TPSA) is 54.1 Å². The molecule has 0 amide bonds. The maximum Gasteiger partial charge on any atom is 0.157 e. The molecule has 1 atom stereocenters. The van der Waals surface area contributed by atoms with Crippen molar-refractivity contribution < 1.29 is 9.47 Å². The summed E-state index contributed by atoms with van der Waals surface area (Å²) in [5.74, 6) is 0. The van der Waals surface area contributed by atoms with E-state index in [9.17, 15) is 0 Å². The van der Waals surface area contributed by atoms with Crippen LogP contribution in [0.1, 0.15) is 52.1 Å². The van der Waals surface area contributed by atoms with Gasteiger partial charge in [0.1, 0.15) is 5.69 Å². The maximum absolute atomic E-state index is 5.76. The van der Waals surface area contributed by atoms with Crippen LogP contribution in [0, 0.1) is 0 Å². The highest BCUT2D eigenvalue weighted by molar-refractivity contribution is 5.25. The number of aryl methyl sites for hydroxylation is 1. The van der Waals surface area contributed by atoms with Gasteiger partial charge in [-0.1, -0.05) is 20.8 Å². The minimum absolute atomic E-state index is 0.00757. The van der Waals surface area contributed by atoms with Gasteiger partial charge in [0.05, 0.1) is 24.7 Å². The van der Waals surface area contributed by atoms with Crippen LogP contribution in [0.4, 0.5) is 0 Å². The molecule has 2 aromatic rings. The summed E-state index contributed by atoms with van der Waals surface area (Å²) in [6.45, 7) is 8.86. The molecule has 3 heterocycles. The normalized spacial score (nSPS) is 18.9. The Kier molecular flexibility index (Phi) is 5.36. The van der Waals surface area contributed by atoms with E-state index in [1.165, 1.54) is 6.42 Å². The molecule has 2 aromatic heterocycles. The second-order valence-electron chi connectivity index (χ2n) is 7.38. The van der Waals surface area contributed by atoms with E-state index in [2.05, 4.69) is 37.0 Å². The van der Waals surface area contributed by atoms with Gasteiger partial charge in [-0.3, -0.25) is 4.68 Å². The average Bonchev–Trinajstić information content (AvgIpc) is 3.21. The van der Waals surface area contributed by atoms with E-state index in [4.69, 9.17) is 9.47 Å². The molecule has 3 rings (SSSR count). The lowest BCUT2D eigenvalue weighted by molar-refractivity contribution is -0.163. The van der Waals surface area contributed by atoms with Crippen molar-refractivity contribution in [3.63, 3.8) is 0 Å². The number of hydrogen-bond acceptors (Lipinski definition) is 4. The van der Waals surface area contributed by atoms with Crippen LogP contribution >= 0.6 is 0 Å². The van der Waals surface area contributed by atoms with E-state index >= 15 is 0 Å². The van der Waals surface area contributed by atoms with Crippen molar-refractivity contribution in [3.8, 4) is 5.69 Å². The zero-order valence-electron chi connectivity index (χ0n) is 14.9. The van der Waals surface area contributed by atoms with Crippen molar-refractivity contribution in [2.45, 2.75) is 64.7 Å². The van der Waals surface area contributed by atoms with Crippen molar-refractivity contribution in [2.24, 2.45) is 0 Å². The molecule has 6 heteroatoms. The van der Waals surface area contributed by atoms with Gasteiger partial charge >= 0.3 is 0 Å². The third-order valence-corrected chi connectivity index (χ3v) is 4.21. The van der Waals surface area contributed by atoms with Crippen molar-refractivity contribution in [2.75, 3.05) is 13.2 Å². The number of rotatable bonds is 6. The Labute approximate surface area is 143 Å². The molecular formula is C18H28N4O2.